The zero-order chi connectivity index (χ0) is 29.7. The predicted octanol–water partition coefficient (Wildman–Crippen LogP) is 5.18. The van der Waals surface area contributed by atoms with Gasteiger partial charge in [-0.15, -0.1) is 0 Å². The highest BCUT2D eigenvalue weighted by Crippen LogP contribution is 2.44. The van der Waals surface area contributed by atoms with E-state index in [1.807, 2.05) is 78.7 Å². The molecule has 5 rings (SSSR count). The SMILES string of the molecule is CC1CCC(NC(=O)C(CN(C)Cc2ccccc2)NC(=O)OCC2c3ccccc3-c3ccccc32)(C(=O)O)CC1. The molecule has 0 spiro atoms. The van der Waals surface area contributed by atoms with Crippen LogP contribution in [0.2, 0.25) is 0 Å². The highest BCUT2D eigenvalue weighted by molar-refractivity contribution is 5.91. The number of benzene rings is 3. The molecule has 2 aliphatic rings. The number of carbonyl (C=O) groups is 3. The lowest BCUT2D eigenvalue weighted by Crippen LogP contribution is -2.62. The first-order valence-electron chi connectivity index (χ1n) is 14.6. The lowest BCUT2D eigenvalue weighted by Gasteiger charge is -2.37. The molecule has 2 aliphatic carbocycles. The van der Waals surface area contributed by atoms with Gasteiger partial charge >= 0.3 is 12.1 Å². The summed E-state index contributed by atoms with van der Waals surface area (Å²) in [5.41, 5.74) is 4.16. The molecule has 2 amide bonds. The third kappa shape index (κ3) is 6.49. The Morgan fingerprint density at radius 2 is 1.50 bits per heavy atom. The number of alkyl carbamates (subject to hydrolysis) is 1. The monoisotopic (exact) mass is 569 g/mol. The number of fused-ring (bicyclic) bond motifs is 3. The van der Waals surface area contributed by atoms with Crippen LogP contribution < -0.4 is 10.6 Å². The lowest BCUT2D eigenvalue weighted by atomic mass is 9.77. The molecule has 1 atom stereocenters. The van der Waals surface area contributed by atoms with E-state index in [1.54, 1.807) is 0 Å². The normalized spacial score (nSPS) is 20.3. The number of nitrogens with one attached hydrogen (secondary N) is 2. The molecule has 0 saturated heterocycles. The fourth-order valence-electron chi connectivity index (χ4n) is 6.22. The Kier molecular flexibility index (Phi) is 8.92. The summed E-state index contributed by atoms with van der Waals surface area (Å²) < 4.78 is 5.73. The van der Waals surface area contributed by atoms with Crippen molar-refractivity contribution >= 4 is 18.0 Å². The molecule has 1 saturated carbocycles. The molecule has 220 valence electrons. The number of nitrogens with zero attached hydrogens (tertiary/aromatic N) is 1. The van der Waals surface area contributed by atoms with Gasteiger partial charge in [0.05, 0.1) is 0 Å². The molecule has 8 nitrogen and oxygen atoms in total. The second kappa shape index (κ2) is 12.8. The van der Waals surface area contributed by atoms with E-state index in [4.69, 9.17) is 4.74 Å². The van der Waals surface area contributed by atoms with Crippen LogP contribution in [0.1, 0.15) is 55.2 Å². The van der Waals surface area contributed by atoms with Crippen LogP contribution in [0.15, 0.2) is 78.9 Å². The second-order valence-corrected chi connectivity index (χ2v) is 11.8. The average Bonchev–Trinajstić information content (AvgIpc) is 3.31. The number of carboxylic acid groups (broad SMARTS) is 1. The van der Waals surface area contributed by atoms with Gasteiger partial charge in [-0.05, 0) is 66.5 Å². The number of aliphatic carboxylic acids is 1. The molecule has 3 aromatic carbocycles. The van der Waals surface area contributed by atoms with E-state index in [-0.39, 0.29) is 19.1 Å². The quantitative estimate of drug-likeness (QED) is 0.311. The van der Waals surface area contributed by atoms with Crippen LogP contribution in [0.4, 0.5) is 4.79 Å². The highest BCUT2D eigenvalue weighted by atomic mass is 16.5. The number of ether oxygens (including phenoxy) is 1. The van der Waals surface area contributed by atoms with Crippen LogP contribution in [0.5, 0.6) is 0 Å². The maximum Gasteiger partial charge on any atom is 0.407 e. The molecular weight excluding hydrogens is 530 g/mol. The van der Waals surface area contributed by atoms with Crippen LogP contribution in [-0.4, -0.2) is 59.8 Å². The fraction of sp³-hybridized carbons (Fsp3) is 0.382. The third-order valence-electron chi connectivity index (χ3n) is 8.64. The molecule has 0 heterocycles. The van der Waals surface area contributed by atoms with Crippen molar-refractivity contribution in [3.8, 4) is 11.1 Å². The Hall–Kier alpha value is -4.17. The number of rotatable bonds is 10. The van der Waals surface area contributed by atoms with Gasteiger partial charge < -0.3 is 20.5 Å². The number of carboxylic acids is 1. The minimum absolute atomic E-state index is 0.115. The Bertz CT molecular complexity index is 1370. The van der Waals surface area contributed by atoms with E-state index in [9.17, 15) is 19.5 Å². The van der Waals surface area contributed by atoms with Crippen molar-refractivity contribution in [2.75, 3.05) is 20.2 Å². The van der Waals surface area contributed by atoms with Crippen molar-refractivity contribution in [1.82, 2.24) is 15.5 Å². The first kappa shape index (κ1) is 29.3. The van der Waals surface area contributed by atoms with Crippen LogP contribution in [-0.2, 0) is 20.9 Å². The summed E-state index contributed by atoms with van der Waals surface area (Å²) in [7, 11) is 1.86. The summed E-state index contributed by atoms with van der Waals surface area (Å²) >= 11 is 0. The molecule has 1 fully saturated rings. The summed E-state index contributed by atoms with van der Waals surface area (Å²) in [5.74, 6) is -1.28. The van der Waals surface area contributed by atoms with Crippen LogP contribution in [0.25, 0.3) is 11.1 Å². The van der Waals surface area contributed by atoms with Crippen molar-refractivity contribution in [3.05, 3.63) is 95.6 Å². The van der Waals surface area contributed by atoms with E-state index in [0.717, 1.165) is 27.8 Å². The van der Waals surface area contributed by atoms with Crippen molar-refractivity contribution in [3.63, 3.8) is 0 Å². The first-order chi connectivity index (χ1) is 20.3. The molecule has 3 N–H and O–H groups in total. The fourth-order valence-corrected chi connectivity index (χ4v) is 6.22. The summed E-state index contributed by atoms with van der Waals surface area (Å²) in [6, 6.07) is 25.0. The summed E-state index contributed by atoms with van der Waals surface area (Å²) in [5, 5.41) is 15.7. The Labute approximate surface area is 247 Å². The van der Waals surface area contributed by atoms with Gasteiger partial charge in [0.15, 0.2) is 0 Å². The standard InChI is InChI=1S/C34H39N3O5/c1-23-16-18-34(19-17-23,32(39)40)36-31(38)30(21-37(2)20-24-10-4-3-5-11-24)35-33(41)42-22-29-27-14-8-6-12-25(27)26-13-7-9-15-28(26)29/h3-15,23,29-30H,16-22H2,1-2H3,(H,35,41)(H,36,38)(H,39,40). The number of likely N-dealkylation sites (N-methyl/N-ethyl adjacent to an activating group) is 1. The van der Waals surface area contributed by atoms with E-state index in [0.29, 0.717) is 38.1 Å². The van der Waals surface area contributed by atoms with Crippen molar-refractivity contribution in [2.24, 2.45) is 5.92 Å². The number of carbonyl (C=O) groups excluding carboxylic acids is 2. The molecule has 0 aliphatic heterocycles. The zero-order valence-electron chi connectivity index (χ0n) is 24.2. The van der Waals surface area contributed by atoms with Gasteiger partial charge in [-0.3, -0.25) is 9.69 Å². The van der Waals surface area contributed by atoms with Gasteiger partial charge in [0.25, 0.3) is 0 Å². The first-order valence-corrected chi connectivity index (χ1v) is 14.6. The summed E-state index contributed by atoms with van der Waals surface area (Å²) in [6.07, 6.45) is 1.42. The molecule has 0 aromatic heterocycles. The van der Waals surface area contributed by atoms with Gasteiger partial charge in [0.2, 0.25) is 5.91 Å². The molecule has 42 heavy (non-hydrogen) atoms. The lowest BCUT2D eigenvalue weighted by molar-refractivity contribution is -0.150. The molecule has 0 bridgehead atoms. The van der Waals surface area contributed by atoms with Crippen molar-refractivity contribution in [1.29, 1.82) is 0 Å². The Balaban J connectivity index is 1.29. The number of amides is 2. The summed E-state index contributed by atoms with van der Waals surface area (Å²) in [4.78, 5) is 41.1. The maximum atomic E-state index is 13.6. The average molecular weight is 570 g/mol. The topological polar surface area (TPSA) is 108 Å². The smallest absolute Gasteiger partial charge is 0.407 e. The second-order valence-electron chi connectivity index (χ2n) is 11.8. The van der Waals surface area contributed by atoms with E-state index < -0.39 is 29.6 Å². The van der Waals surface area contributed by atoms with Crippen LogP contribution in [0, 0.1) is 5.92 Å². The van der Waals surface area contributed by atoms with Crippen LogP contribution >= 0.6 is 0 Å². The zero-order valence-corrected chi connectivity index (χ0v) is 24.2. The molecular formula is C34H39N3O5. The number of hydrogen-bond acceptors (Lipinski definition) is 5. The van der Waals surface area contributed by atoms with Gasteiger partial charge in [0, 0.05) is 19.0 Å². The number of hydrogen-bond donors (Lipinski definition) is 3. The highest BCUT2D eigenvalue weighted by Gasteiger charge is 2.44. The van der Waals surface area contributed by atoms with E-state index >= 15 is 0 Å². The van der Waals surface area contributed by atoms with Crippen molar-refractivity contribution < 1.29 is 24.2 Å². The van der Waals surface area contributed by atoms with Gasteiger partial charge in [0.1, 0.15) is 18.2 Å². The third-order valence-corrected chi connectivity index (χ3v) is 8.64. The molecule has 8 heteroatoms. The van der Waals surface area contributed by atoms with Crippen LogP contribution in [0.3, 0.4) is 0 Å². The minimum Gasteiger partial charge on any atom is -0.480 e. The van der Waals surface area contributed by atoms with E-state index in [2.05, 4.69) is 29.7 Å². The maximum absolute atomic E-state index is 13.6. The summed E-state index contributed by atoms with van der Waals surface area (Å²) in [6.45, 7) is 2.94. The molecule has 1 unspecified atom stereocenters. The largest absolute Gasteiger partial charge is 0.480 e. The van der Waals surface area contributed by atoms with E-state index in [1.165, 1.54) is 0 Å². The molecule has 3 aromatic rings. The van der Waals surface area contributed by atoms with Crippen molar-refractivity contribution in [2.45, 2.75) is 56.7 Å². The molecule has 0 radical (unpaired) electrons. The Morgan fingerprint density at radius 1 is 0.929 bits per heavy atom. The van der Waals surface area contributed by atoms with Gasteiger partial charge in [-0.1, -0.05) is 85.8 Å². The predicted molar refractivity (Wildman–Crippen MR) is 161 cm³/mol. The van der Waals surface area contributed by atoms with Gasteiger partial charge in [-0.25, -0.2) is 9.59 Å². The Morgan fingerprint density at radius 3 is 2.10 bits per heavy atom. The minimum atomic E-state index is -1.34. The van der Waals surface area contributed by atoms with Gasteiger partial charge in [-0.2, -0.15) is 0 Å².